The monoisotopic (exact) mass is 251 g/mol. The summed E-state index contributed by atoms with van der Waals surface area (Å²) in [6, 6.07) is 4.33. The predicted molar refractivity (Wildman–Crippen MR) is 71.1 cm³/mol. The van der Waals surface area contributed by atoms with E-state index in [2.05, 4.69) is 12.2 Å². The number of phenols is 1. The first-order chi connectivity index (χ1) is 8.50. The molecule has 1 aliphatic rings. The van der Waals surface area contributed by atoms with Crippen molar-refractivity contribution in [3.63, 3.8) is 0 Å². The van der Waals surface area contributed by atoms with E-state index in [1.807, 2.05) is 6.92 Å². The summed E-state index contributed by atoms with van der Waals surface area (Å²) in [5.74, 6) is -0.363. The molecule has 100 valence electrons. The van der Waals surface area contributed by atoms with Gasteiger partial charge in [0.25, 0.3) is 0 Å². The first-order valence-electron chi connectivity index (χ1n) is 6.72. The van der Waals surface area contributed by atoms with Crippen LogP contribution in [-0.4, -0.2) is 11.7 Å². The molecule has 1 saturated carbocycles. The lowest BCUT2D eigenvalue weighted by Gasteiger charge is -2.26. The molecule has 18 heavy (non-hydrogen) atoms. The van der Waals surface area contributed by atoms with E-state index in [0.717, 1.165) is 6.54 Å². The lowest BCUT2D eigenvalue weighted by atomic mass is 9.88. The normalized spacial score (nSPS) is 19.9. The minimum atomic E-state index is -0.341. The van der Waals surface area contributed by atoms with Crippen LogP contribution < -0.4 is 5.32 Å². The molecule has 2 rings (SSSR count). The Labute approximate surface area is 108 Å². The summed E-state index contributed by atoms with van der Waals surface area (Å²) in [4.78, 5) is 0. The Hall–Kier alpha value is -1.09. The maximum absolute atomic E-state index is 13.7. The predicted octanol–water partition coefficient (Wildman–Crippen LogP) is 3.76. The number of aromatic hydroxyl groups is 1. The zero-order valence-corrected chi connectivity index (χ0v) is 11.2. The van der Waals surface area contributed by atoms with Crippen LogP contribution in [0.4, 0.5) is 4.39 Å². The van der Waals surface area contributed by atoms with Crippen molar-refractivity contribution < 1.29 is 9.50 Å². The van der Waals surface area contributed by atoms with Crippen LogP contribution in [0.15, 0.2) is 18.2 Å². The molecular weight excluding hydrogens is 229 g/mol. The number of hydrogen-bond acceptors (Lipinski definition) is 2. The molecule has 3 heteroatoms. The summed E-state index contributed by atoms with van der Waals surface area (Å²) in [5, 5.41) is 12.6. The molecule has 1 fully saturated rings. The summed E-state index contributed by atoms with van der Waals surface area (Å²) >= 11 is 0. The third-order valence-corrected chi connectivity index (χ3v) is 4.10. The highest BCUT2D eigenvalue weighted by atomic mass is 19.1. The maximum atomic E-state index is 13.7. The van der Waals surface area contributed by atoms with Crippen LogP contribution in [0.5, 0.6) is 5.75 Å². The molecule has 2 N–H and O–H groups in total. The van der Waals surface area contributed by atoms with Crippen molar-refractivity contribution in [3.8, 4) is 5.75 Å². The van der Waals surface area contributed by atoms with Gasteiger partial charge < -0.3 is 10.4 Å². The number of hydrogen-bond donors (Lipinski definition) is 2. The third kappa shape index (κ3) is 3.02. The van der Waals surface area contributed by atoms with E-state index >= 15 is 0 Å². The fraction of sp³-hybridized carbons (Fsp3) is 0.600. The fourth-order valence-electron chi connectivity index (χ4n) is 2.78. The third-order valence-electron chi connectivity index (χ3n) is 4.10. The van der Waals surface area contributed by atoms with Crippen molar-refractivity contribution in [3.05, 3.63) is 29.6 Å². The Balaban J connectivity index is 1.97. The topological polar surface area (TPSA) is 32.3 Å². The highest BCUT2D eigenvalue weighted by Gasteiger charge is 2.28. The molecular formula is C15H22FNO. The van der Waals surface area contributed by atoms with Crippen LogP contribution in [0.1, 0.15) is 51.1 Å². The average molecular weight is 251 g/mol. The molecule has 0 saturated heterocycles. The van der Waals surface area contributed by atoms with Gasteiger partial charge in [0.15, 0.2) is 0 Å². The van der Waals surface area contributed by atoms with Crippen molar-refractivity contribution in [2.24, 2.45) is 5.41 Å². The van der Waals surface area contributed by atoms with Gasteiger partial charge in [0.1, 0.15) is 11.6 Å². The Morgan fingerprint density at radius 2 is 2.06 bits per heavy atom. The van der Waals surface area contributed by atoms with Gasteiger partial charge in [-0.15, -0.1) is 0 Å². The van der Waals surface area contributed by atoms with Gasteiger partial charge in [0.2, 0.25) is 0 Å². The molecule has 0 bridgehead atoms. The molecule has 0 amide bonds. The molecule has 1 aromatic rings. The van der Waals surface area contributed by atoms with Crippen LogP contribution >= 0.6 is 0 Å². The van der Waals surface area contributed by atoms with Gasteiger partial charge in [-0.05, 0) is 31.2 Å². The minimum absolute atomic E-state index is 0.0220. The molecule has 0 heterocycles. The molecule has 2 nitrogen and oxygen atoms in total. The van der Waals surface area contributed by atoms with Gasteiger partial charge in [-0.25, -0.2) is 4.39 Å². The van der Waals surface area contributed by atoms with E-state index in [4.69, 9.17) is 0 Å². The highest BCUT2D eigenvalue weighted by molar-refractivity contribution is 5.29. The van der Waals surface area contributed by atoms with Crippen LogP contribution in [0.2, 0.25) is 0 Å². The molecule has 0 aromatic heterocycles. The van der Waals surface area contributed by atoms with E-state index < -0.39 is 0 Å². The van der Waals surface area contributed by atoms with E-state index in [1.54, 1.807) is 6.07 Å². The minimum Gasteiger partial charge on any atom is -0.508 e. The van der Waals surface area contributed by atoms with Crippen molar-refractivity contribution in [1.82, 2.24) is 5.32 Å². The average Bonchev–Trinajstić information content (AvgIpc) is 2.74. The van der Waals surface area contributed by atoms with Gasteiger partial charge in [-0.1, -0.05) is 25.8 Å². The SMILES string of the molecule is CC(NCC1(C)CCCC1)c1ccc(O)cc1F. The highest BCUT2D eigenvalue weighted by Crippen LogP contribution is 2.37. The second-order valence-corrected chi connectivity index (χ2v) is 5.83. The number of rotatable bonds is 4. The van der Waals surface area contributed by atoms with Crippen LogP contribution in [0.3, 0.4) is 0 Å². The van der Waals surface area contributed by atoms with E-state index in [9.17, 15) is 9.50 Å². The quantitative estimate of drug-likeness (QED) is 0.854. The largest absolute Gasteiger partial charge is 0.508 e. The Morgan fingerprint density at radius 3 is 2.67 bits per heavy atom. The number of halogens is 1. The number of phenolic OH excluding ortho intramolecular Hbond substituents is 1. The van der Waals surface area contributed by atoms with Crippen LogP contribution in [0.25, 0.3) is 0 Å². The number of benzene rings is 1. The summed E-state index contributed by atoms with van der Waals surface area (Å²) in [6.07, 6.45) is 5.12. The fourth-order valence-corrected chi connectivity index (χ4v) is 2.78. The molecule has 0 spiro atoms. The van der Waals surface area contributed by atoms with E-state index in [-0.39, 0.29) is 17.6 Å². The molecule has 1 atom stereocenters. The lowest BCUT2D eigenvalue weighted by Crippen LogP contribution is -2.31. The summed E-state index contributed by atoms with van der Waals surface area (Å²) in [6.45, 7) is 5.19. The Morgan fingerprint density at radius 1 is 1.39 bits per heavy atom. The van der Waals surface area contributed by atoms with E-state index in [0.29, 0.717) is 11.0 Å². The summed E-state index contributed by atoms with van der Waals surface area (Å²) < 4.78 is 13.7. The zero-order chi connectivity index (χ0) is 13.2. The summed E-state index contributed by atoms with van der Waals surface area (Å²) in [5.41, 5.74) is 0.983. The van der Waals surface area contributed by atoms with Crippen LogP contribution in [-0.2, 0) is 0 Å². The van der Waals surface area contributed by atoms with Gasteiger partial charge in [0.05, 0.1) is 0 Å². The first-order valence-corrected chi connectivity index (χ1v) is 6.72. The van der Waals surface area contributed by atoms with Crippen molar-refractivity contribution >= 4 is 0 Å². The molecule has 1 aliphatic carbocycles. The van der Waals surface area contributed by atoms with Crippen molar-refractivity contribution in [2.75, 3.05) is 6.54 Å². The molecule has 0 radical (unpaired) electrons. The maximum Gasteiger partial charge on any atom is 0.131 e. The van der Waals surface area contributed by atoms with E-state index in [1.165, 1.54) is 37.8 Å². The lowest BCUT2D eigenvalue weighted by molar-refractivity contribution is 0.300. The standard InChI is InChI=1S/C15H22FNO/c1-11(13-6-5-12(18)9-14(13)16)17-10-15(2)7-3-4-8-15/h5-6,9,11,17-18H,3-4,7-8,10H2,1-2H3. The Kier molecular flexibility index (Phi) is 3.91. The van der Waals surface area contributed by atoms with Gasteiger partial charge in [0, 0.05) is 24.2 Å². The molecule has 1 aromatic carbocycles. The zero-order valence-electron chi connectivity index (χ0n) is 11.2. The second-order valence-electron chi connectivity index (χ2n) is 5.83. The number of nitrogens with one attached hydrogen (secondary N) is 1. The van der Waals surface area contributed by atoms with Gasteiger partial charge in [-0.2, -0.15) is 0 Å². The first kappa shape index (κ1) is 13.3. The van der Waals surface area contributed by atoms with Gasteiger partial charge >= 0.3 is 0 Å². The summed E-state index contributed by atoms with van der Waals surface area (Å²) in [7, 11) is 0. The van der Waals surface area contributed by atoms with Crippen molar-refractivity contribution in [2.45, 2.75) is 45.6 Å². The molecule has 0 aliphatic heterocycles. The van der Waals surface area contributed by atoms with Crippen LogP contribution in [0, 0.1) is 11.2 Å². The Bertz CT molecular complexity index is 413. The van der Waals surface area contributed by atoms with Gasteiger partial charge in [-0.3, -0.25) is 0 Å². The smallest absolute Gasteiger partial charge is 0.131 e. The van der Waals surface area contributed by atoms with Crippen molar-refractivity contribution in [1.29, 1.82) is 0 Å². The second kappa shape index (κ2) is 5.27. The molecule has 1 unspecified atom stereocenters.